The highest BCUT2D eigenvalue weighted by atomic mass is 32.1. The second-order valence-electron chi connectivity index (χ2n) is 9.04. The van der Waals surface area contributed by atoms with Crippen molar-refractivity contribution in [2.24, 2.45) is 5.92 Å². The van der Waals surface area contributed by atoms with Crippen LogP contribution >= 0.6 is 11.3 Å². The Labute approximate surface area is 200 Å². The molecule has 0 atom stereocenters. The van der Waals surface area contributed by atoms with Gasteiger partial charge in [-0.2, -0.15) is 0 Å². The van der Waals surface area contributed by atoms with Gasteiger partial charge in [0.05, 0.1) is 13.2 Å². The fourth-order valence-corrected chi connectivity index (χ4v) is 5.38. The van der Waals surface area contributed by atoms with Crippen LogP contribution in [0.5, 0.6) is 0 Å². The zero-order valence-electron chi connectivity index (χ0n) is 19.3. The van der Waals surface area contributed by atoms with E-state index in [1.54, 1.807) is 11.3 Å². The summed E-state index contributed by atoms with van der Waals surface area (Å²) in [6, 6.07) is 11.5. The number of hydrogen-bond donors (Lipinski definition) is 1. The highest BCUT2D eigenvalue weighted by molar-refractivity contribution is 7.09. The molecule has 1 aromatic carbocycles. The van der Waals surface area contributed by atoms with Gasteiger partial charge in [-0.15, -0.1) is 11.3 Å². The van der Waals surface area contributed by atoms with Crippen LogP contribution in [0.2, 0.25) is 0 Å². The van der Waals surface area contributed by atoms with Crippen molar-refractivity contribution in [3.05, 3.63) is 52.2 Å². The maximum absolute atomic E-state index is 13.0. The van der Waals surface area contributed by atoms with E-state index < -0.39 is 0 Å². The van der Waals surface area contributed by atoms with Crippen LogP contribution in [0.4, 0.5) is 5.69 Å². The first kappa shape index (κ1) is 23.9. The van der Waals surface area contributed by atoms with Crippen LogP contribution in [-0.4, -0.2) is 67.6 Å². The van der Waals surface area contributed by atoms with Gasteiger partial charge in [-0.1, -0.05) is 12.1 Å². The number of morpholine rings is 1. The SMILES string of the molecule is O=C(CCCc1cccs1)Nc1cccc(C(=O)N2CCC(CCN3CCOCC3)CC2)c1. The Kier molecular flexibility index (Phi) is 8.92. The molecule has 0 aliphatic carbocycles. The van der Waals surface area contributed by atoms with Gasteiger partial charge in [0.25, 0.3) is 5.91 Å². The van der Waals surface area contributed by atoms with Gasteiger partial charge in [-0.05, 0) is 74.2 Å². The summed E-state index contributed by atoms with van der Waals surface area (Å²) in [6.07, 6.45) is 5.56. The standard InChI is InChI=1S/C26H35N3O3S/c30-25(8-2-6-24-7-3-19-33-24)27-23-5-1-4-22(20-23)26(31)29-13-10-21(11-14-29)9-12-28-15-17-32-18-16-28/h1,3-5,7,19-21H,2,6,8-18H2,(H,27,30). The molecule has 2 aliphatic heterocycles. The van der Waals surface area contributed by atoms with Gasteiger partial charge in [0.15, 0.2) is 0 Å². The van der Waals surface area contributed by atoms with Crippen molar-refractivity contribution in [1.82, 2.24) is 9.80 Å². The van der Waals surface area contributed by atoms with Crippen LogP contribution in [0, 0.1) is 5.92 Å². The van der Waals surface area contributed by atoms with Gasteiger partial charge in [0.1, 0.15) is 0 Å². The molecular weight excluding hydrogens is 434 g/mol. The molecule has 0 radical (unpaired) electrons. The second-order valence-corrected chi connectivity index (χ2v) is 10.1. The molecule has 0 saturated carbocycles. The minimum Gasteiger partial charge on any atom is -0.379 e. The summed E-state index contributed by atoms with van der Waals surface area (Å²) in [5, 5.41) is 5.02. The monoisotopic (exact) mass is 469 g/mol. The zero-order chi connectivity index (χ0) is 22.9. The Morgan fingerprint density at radius 1 is 1.06 bits per heavy atom. The number of carbonyl (C=O) groups is 2. The molecule has 0 spiro atoms. The van der Waals surface area contributed by atoms with E-state index in [1.165, 1.54) is 11.3 Å². The molecule has 4 rings (SSSR count). The van der Waals surface area contributed by atoms with E-state index >= 15 is 0 Å². The smallest absolute Gasteiger partial charge is 0.253 e. The van der Waals surface area contributed by atoms with Gasteiger partial charge < -0.3 is 15.0 Å². The van der Waals surface area contributed by atoms with E-state index in [0.717, 1.165) is 71.6 Å². The first-order valence-electron chi connectivity index (χ1n) is 12.2. The van der Waals surface area contributed by atoms with Crippen molar-refractivity contribution >= 4 is 28.8 Å². The molecule has 178 valence electrons. The number of ether oxygens (including phenoxy) is 1. The lowest BCUT2D eigenvalue weighted by atomic mass is 9.93. The number of carbonyl (C=O) groups excluding carboxylic acids is 2. The number of thiophene rings is 1. The van der Waals surface area contributed by atoms with Gasteiger partial charge in [-0.25, -0.2) is 0 Å². The number of rotatable bonds is 9. The van der Waals surface area contributed by atoms with Crippen molar-refractivity contribution in [2.45, 2.75) is 38.5 Å². The maximum atomic E-state index is 13.0. The summed E-state index contributed by atoms with van der Waals surface area (Å²) >= 11 is 1.73. The first-order valence-corrected chi connectivity index (χ1v) is 13.1. The molecule has 6 nitrogen and oxygen atoms in total. The number of anilines is 1. The molecule has 0 bridgehead atoms. The van der Waals surface area contributed by atoms with Crippen LogP contribution in [0.15, 0.2) is 41.8 Å². The molecule has 33 heavy (non-hydrogen) atoms. The van der Waals surface area contributed by atoms with Crippen LogP contribution < -0.4 is 5.32 Å². The first-order chi connectivity index (χ1) is 16.2. The van der Waals surface area contributed by atoms with E-state index in [9.17, 15) is 9.59 Å². The molecule has 7 heteroatoms. The third kappa shape index (κ3) is 7.39. The summed E-state index contributed by atoms with van der Waals surface area (Å²) in [7, 11) is 0. The van der Waals surface area contributed by atoms with Crippen LogP contribution in [-0.2, 0) is 16.0 Å². The largest absolute Gasteiger partial charge is 0.379 e. The average molecular weight is 470 g/mol. The van der Waals surface area contributed by atoms with Gasteiger partial charge in [0.2, 0.25) is 5.91 Å². The van der Waals surface area contributed by atoms with Crippen LogP contribution in [0.3, 0.4) is 0 Å². The highest BCUT2D eigenvalue weighted by Crippen LogP contribution is 2.23. The predicted octanol–water partition coefficient (Wildman–Crippen LogP) is 4.28. The lowest BCUT2D eigenvalue weighted by molar-refractivity contribution is -0.116. The van der Waals surface area contributed by atoms with Gasteiger partial charge in [0, 0.05) is 48.7 Å². The lowest BCUT2D eigenvalue weighted by Gasteiger charge is -2.34. The molecule has 3 heterocycles. The second kappa shape index (κ2) is 12.3. The minimum atomic E-state index is -0.00256. The molecule has 0 unspecified atom stereocenters. The van der Waals surface area contributed by atoms with E-state index in [2.05, 4.69) is 21.7 Å². The van der Waals surface area contributed by atoms with E-state index in [1.807, 2.05) is 35.2 Å². The fourth-order valence-electron chi connectivity index (χ4n) is 4.63. The Bertz CT molecular complexity index is 888. The number of hydrogen-bond acceptors (Lipinski definition) is 5. The topological polar surface area (TPSA) is 61.9 Å². The minimum absolute atomic E-state index is 0.00256. The number of nitrogens with one attached hydrogen (secondary N) is 1. The highest BCUT2D eigenvalue weighted by Gasteiger charge is 2.24. The van der Waals surface area contributed by atoms with Gasteiger partial charge in [-0.3, -0.25) is 14.5 Å². The fraction of sp³-hybridized carbons (Fsp3) is 0.538. The van der Waals surface area contributed by atoms with Crippen molar-refractivity contribution in [1.29, 1.82) is 0 Å². The molecule has 2 fully saturated rings. The molecule has 2 aromatic rings. The summed E-state index contributed by atoms with van der Waals surface area (Å²) in [5.74, 6) is 0.754. The Hall–Kier alpha value is -2.22. The number of nitrogens with zero attached hydrogens (tertiary/aromatic N) is 2. The summed E-state index contributed by atoms with van der Waals surface area (Å²) in [5.41, 5.74) is 1.35. The molecule has 1 N–H and O–H groups in total. The number of benzene rings is 1. The summed E-state index contributed by atoms with van der Waals surface area (Å²) in [6.45, 7) is 6.54. The molecule has 2 aliphatic rings. The lowest BCUT2D eigenvalue weighted by Crippen LogP contribution is -2.40. The molecule has 1 aromatic heterocycles. The Morgan fingerprint density at radius 3 is 2.64 bits per heavy atom. The van der Waals surface area contributed by atoms with Crippen LogP contribution in [0.1, 0.15) is 47.3 Å². The molecular formula is C26H35N3O3S. The van der Waals surface area contributed by atoms with E-state index in [-0.39, 0.29) is 11.8 Å². The van der Waals surface area contributed by atoms with Gasteiger partial charge >= 0.3 is 0 Å². The van der Waals surface area contributed by atoms with Crippen molar-refractivity contribution < 1.29 is 14.3 Å². The third-order valence-corrected chi connectivity index (χ3v) is 7.60. The van der Waals surface area contributed by atoms with Crippen molar-refractivity contribution in [2.75, 3.05) is 51.3 Å². The Balaban J connectivity index is 1.20. The van der Waals surface area contributed by atoms with Crippen LogP contribution in [0.25, 0.3) is 0 Å². The zero-order valence-corrected chi connectivity index (χ0v) is 20.2. The normalized spacial score (nSPS) is 17.8. The number of piperidine rings is 1. The summed E-state index contributed by atoms with van der Waals surface area (Å²) in [4.78, 5) is 31.1. The maximum Gasteiger partial charge on any atom is 0.253 e. The third-order valence-electron chi connectivity index (χ3n) is 6.66. The van der Waals surface area contributed by atoms with Crippen molar-refractivity contribution in [3.8, 4) is 0 Å². The number of likely N-dealkylation sites (tertiary alicyclic amines) is 1. The molecule has 2 amide bonds. The summed E-state index contributed by atoms with van der Waals surface area (Å²) < 4.78 is 5.43. The van der Waals surface area contributed by atoms with E-state index in [4.69, 9.17) is 4.74 Å². The number of aryl methyl sites for hydroxylation is 1. The van der Waals surface area contributed by atoms with E-state index in [0.29, 0.717) is 23.6 Å². The average Bonchev–Trinajstić information content (AvgIpc) is 3.37. The molecule has 2 saturated heterocycles. The number of amides is 2. The quantitative estimate of drug-likeness (QED) is 0.595. The predicted molar refractivity (Wildman–Crippen MR) is 133 cm³/mol. The Morgan fingerprint density at radius 2 is 1.88 bits per heavy atom. The van der Waals surface area contributed by atoms with Crippen molar-refractivity contribution in [3.63, 3.8) is 0 Å².